The normalized spacial score (nSPS) is 10.3. The molecule has 30 heavy (non-hydrogen) atoms. The molecule has 0 saturated heterocycles. The Labute approximate surface area is 178 Å². The van der Waals surface area contributed by atoms with Gasteiger partial charge in [0.25, 0.3) is 0 Å². The predicted molar refractivity (Wildman–Crippen MR) is 133 cm³/mol. The van der Waals surface area contributed by atoms with Gasteiger partial charge in [0.2, 0.25) is 0 Å². The maximum atomic E-state index is 4.10. The highest BCUT2D eigenvalue weighted by atomic mass is 14.0. The van der Waals surface area contributed by atoms with Gasteiger partial charge in [-0.15, -0.1) is 0 Å². The Kier molecular flexibility index (Phi) is 5.87. The number of hydrogen-bond donors (Lipinski definition) is 0. The average Bonchev–Trinajstić information content (AvgIpc) is 2.83. The van der Waals surface area contributed by atoms with Crippen LogP contribution in [0.25, 0.3) is 33.2 Å². The third kappa shape index (κ3) is 4.24. The Morgan fingerprint density at radius 1 is 0.533 bits per heavy atom. The van der Waals surface area contributed by atoms with Crippen LogP contribution < -0.4 is 0 Å². The smallest absolute Gasteiger partial charge is 0.0105 e. The molecule has 5 rings (SSSR count). The van der Waals surface area contributed by atoms with Gasteiger partial charge < -0.3 is 0 Å². The van der Waals surface area contributed by atoms with Crippen molar-refractivity contribution < 1.29 is 0 Å². The highest BCUT2D eigenvalue weighted by Crippen LogP contribution is 2.26. The summed E-state index contributed by atoms with van der Waals surface area (Å²) in [5.41, 5.74) is 4.63. The molecule has 0 aliphatic carbocycles. The Morgan fingerprint density at radius 3 is 1.60 bits per heavy atom. The van der Waals surface area contributed by atoms with Crippen LogP contribution in [0.2, 0.25) is 0 Å². The monoisotopic (exact) mass is 384 g/mol. The van der Waals surface area contributed by atoms with Gasteiger partial charge in [0.05, 0.1) is 0 Å². The molecule has 0 aliphatic heterocycles. The molecule has 0 heteroatoms. The molecule has 0 nitrogen and oxygen atoms in total. The molecular formula is C30H24. The summed E-state index contributed by atoms with van der Waals surface area (Å²) in [6.45, 7) is 7.96. The van der Waals surface area contributed by atoms with Crippen molar-refractivity contribution in [3.63, 3.8) is 0 Å². The minimum Gasteiger partial charge on any atom is -0.0984 e. The van der Waals surface area contributed by atoms with Crippen molar-refractivity contribution in [3.05, 3.63) is 145 Å². The van der Waals surface area contributed by atoms with E-state index in [0.29, 0.717) is 0 Å². The number of rotatable bonds is 3. The van der Waals surface area contributed by atoms with Gasteiger partial charge in [0.1, 0.15) is 0 Å². The largest absolute Gasteiger partial charge is 0.0984 e. The first kappa shape index (κ1) is 19.4. The standard InChI is InChI=1S/C16H12.C14H12/c1-2-12-8-5-9-15-10-13-6-3-4-7-14(13)11-16(12)15;1-12(13-8-4-2-5-9-13)14-10-6-3-7-11-14/h2-11H,1H2;2-11H,1H2. The van der Waals surface area contributed by atoms with Gasteiger partial charge in [-0.25, -0.2) is 0 Å². The average molecular weight is 385 g/mol. The lowest BCUT2D eigenvalue weighted by atomic mass is 10.00. The van der Waals surface area contributed by atoms with Gasteiger partial charge in [0.15, 0.2) is 0 Å². The number of fused-ring (bicyclic) bond motifs is 2. The van der Waals surface area contributed by atoms with E-state index in [1.54, 1.807) is 0 Å². The van der Waals surface area contributed by atoms with Crippen LogP contribution in [0.15, 0.2) is 128 Å². The Hall–Kier alpha value is -3.90. The second kappa shape index (κ2) is 9.07. The van der Waals surface area contributed by atoms with Crippen molar-refractivity contribution in [2.75, 3.05) is 0 Å². The fourth-order valence-corrected chi connectivity index (χ4v) is 3.61. The lowest BCUT2D eigenvalue weighted by Gasteiger charge is -2.04. The minimum absolute atomic E-state index is 1.08. The van der Waals surface area contributed by atoms with E-state index in [0.717, 1.165) is 5.57 Å². The van der Waals surface area contributed by atoms with E-state index in [4.69, 9.17) is 0 Å². The summed E-state index contributed by atoms with van der Waals surface area (Å²) in [5, 5.41) is 5.12. The van der Waals surface area contributed by atoms with Crippen LogP contribution >= 0.6 is 0 Å². The zero-order chi connectivity index (χ0) is 20.8. The maximum Gasteiger partial charge on any atom is -0.0105 e. The molecule has 0 bridgehead atoms. The lowest BCUT2D eigenvalue weighted by molar-refractivity contribution is 1.56. The Morgan fingerprint density at radius 2 is 1.03 bits per heavy atom. The molecule has 0 radical (unpaired) electrons. The van der Waals surface area contributed by atoms with Gasteiger partial charge in [-0.2, -0.15) is 0 Å². The Balaban J connectivity index is 0.000000147. The zero-order valence-corrected chi connectivity index (χ0v) is 17.0. The summed E-state index contributed by atoms with van der Waals surface area (Å²) in [6.07, 6.45) is 1.91. The molecule has 0 spiro atoms. The second-order valence-corrected chi connectivity index (χ2v) is 7.18. The highest BCUT2D eigenvalue weighted by Gasteiger charge is 2.00. The minimum atomic E-state index is 1.08. The Bertz CT molecular complexity index is 1250. The lowest BCUT2D eigenvalue weighted by Crippen LogP contribution is -1.84. The third-order valence-corrected chi connectivity index (χ3v) is 5.24. The summed E-state index contributed by atoms with van der Waals surface area (Å²) in [7, 11) is 0. The van der Waals surface area contributed by atoms with Crippen LogP contribution in [0, 0.1) is 0 Å². The van der Waals surface area contributed by atoms with Gasteiger partial charge >= 0.3 is 0 Å². The van der Waals surface area contributed by atoms with E-state index >= 15 is 0 Å². The molecule has 5 aromatic rings. The second-order valence-electron chi connectivity index (χ2n) is 7.18. The maximum absolute atomic E-state index is 4.10. The summed E-state index contributed by atoms with van der Waals surface area (Å²) >= 11 is 0. The van der Waals surface area contributed by atoms with Crippen LogP contribution in [0.5, 0.6) is 0 Å². The molecule has 0 fully saturated rings. The van der Waals surface area contributed by atoms with Crippen LogP contribution in [-0.2, 0) is 0 Å². The molecule has 5 aromatic carbocycles. The van der Waals surface area contributed by atoms with E-state index in [1.807, 2.05) is 42.5 Å². The summed E-state index contributed by atoms with van der Waals surface area (Å²) in [4.78, 5) is 0. The third-order valence-electron chi connectivity index (χ3n) is 5.24. The van der Waals surface area contributed by atoms with Gasteiger partial charge in [-0.1, -0.05) is 122 Å². The van der Waals surface area contributed by atoms with Crippen molar-refractivity contribution in [1.29, 1.82) is 0 Å². The number of benzene rings is 5. The summed E-state index contributed by atoms with van der Waals surface area (Å²) in [5.74, 6) is 0. The first-order valence-corrected chi connectivity index (χ1v) is 10.1. The first-order valence-electron chi connectivity index (χ1n) is 10.1. The molecule has 144 valence electrons. The highest BCUT2D eigenvalue weighted by molar-refractivity contribution is 6.01. The van der Waals surface area contributed by atoms with Crippen molar-refractivity contribution in [1.82, 2.24) is 0 Å². The molecule has 0 atom stereocenters. The SMILES string of the molecule is C=C(c1ccccc1)c1ccccc1.C=Cc1cccc2cc3ccccc3cc12. The quantitative estimate of drug-likeness (QED) is 0.274. The van der Waals surface area contributed by atoms with Crippen LogP contribution in [0.4, 0.5) is 0 Å². The zero-order valence-electron chi connectivity index (χ0n) is 17.0. The van der Waals surface area contributed by atoms with Crippen LogP contribution in [0.3, 0.4) is 0 Å². The molecule has 0 amide bonds. The topological polar surface area (TPSA) is 0 Å². The molecular weight excluding hydrogens is 360 g/mol. The van der Waals surface area contributed by atoms with Crippen molar-refractivity contribution in [2.24, 2.45) is 0 Å². The van der Waals surface area contributed by atoms with E-state index in [9.17, 15) is 0 Å². The molecule has 0 heterocycles. The van der Waals surface area contributed by atoms with Crippen molar-refractivity contribution >= 4 is 33.2 Å². The summed E-state index contributed by atoms with van der Waals surface area (Å²) < 4.78 is 0. The molecule has 0 unspecified atom stereocenters. The molecule has 0 aromatic heterocycles. The summed E-state index contributed by atoms with van der Waals surface area (Å²) in [6, 6.07) is 39.7. The van der Waals surface area contributed by atoms with Crippen molar-refractivity contribution in [2.45, 2.75) is 0 Å². The van der Waals surface area contributed by atoms with E-state index in [1.165, 1.54) is 38.2 Å². The van der Waals surface area contributed by atoms with Crippen LogP contribution in [-0.4, -0.2) is 0 Å². The molecule has 0 saturated carbocycles. The fourth-order valence-electron chi connectivity index (χ4n) is 3.61. The fraction of sp³-hybridized carbons (Fsp3) is 0. The van der Waals surface area contributed by atoms with Gasteiger partial charge in [0, 0.05) is 0 Å². The number of hydrogen-bond acceptors (Lipinski definition) is 0. The predicted octanol–water partition coefficient (Wildman–Crippen LogP) is 8.38. The van der Waals surface area contributed by atoms with E-state index in [2.05, 4.69) is 92.0 Å². The molecule has 0 aliphatic rings. The molecule has 0 N–H and O–H groups in total. The van der Waals surface area contributed by atoms with E-state index in [-0.39, 0.29) is 0 Å². The van der Waals surface area contributed by atoms with E-state index < -0.39 is 0 Å². The van der Waals surface area contributed by atoms with Gasteiger partial charge in [-0.05, 0) is 55.9 Å². The van der Waals surface area contributed by atoms with Crippen LogP contribution in [0.1, 0.15) is 16.7 Å². The first-order chi connectivity index (χ1) is 14.8. The van der Waals surface area contributed by atoms with Crippen molar-refractivity contribution in [3.8, 4) is 0 Å². The van der Waals surface area contributed by atoms with Gasteiger partial charge in [-0.3, -0.25) is 0 Å².